The quantitative estimate of drug-likeness (QED) is 0.338. The van der Waals surface area contributed by atoms with Crippen LogP contribution in [-0.4, -0.2) is 31.5 Å². The van der Waals surface area contributed by atoms with Gasteiger partial charge in [0.1, 0.15) is 23.9 Å². The third-order valence-electron chi connectivity index (χ3n) is 4.62. The van der Waals surface area contributed by atoms with E-state index in [2.05, 4.69) is 0 Å². The van der Waals surface area contributed by atoms with Gasteiger partial charge in [-0.15, -0.1) is 0 Å². The van der Waals surface area contributed by atoms with Crippen molar-refractivity contribution < 1.29 is 23.7 Å². The van der Waals surface area contributed by atoms with E-state index in [1.807, 2.05) is 45.0 Å². The van der Waals surface area contributed by atoms with Crippen molar-refractivity contribution in [3.05, 3.63) is 58.2 Å². The highest BCUT2D eigenvalue weighted by Crippen LogP contribution is 2.37. The molecule has 1 heterocycles. The predicted molar refractivity (Wildman–Crippen MR) is 116 cm³/mol. The molecule has 6 nitrogen and oxygen atoms in total. The fraction of sp³-hybridized carbons (Fsp3) is 0.304. The standard InChI is InChI=1S/C23H24ClNO5/c1-5-19-15(3)22(30-23(26)28-10-9-27-4)18-13-21(14(2)11-20(18)25-19)29-17-8-6-7-16(24)12-17/h6-8,11-13H,5,9-10H2,1-4H3. The third-order valence-corrected chi connectivity index (χ3v) is 4.85. The van der Waals surface area contributed by atoms with Gasteiger partial charge in [0.15, 0.2) is 0 Å². The number of aromatic nitrogens is 1. The molecule has 30 heavy (non-hydrogen) atoms. The number of hydrogen-bond donors (Lipinski definition) is 0. The number of pyridine rings is 1. The zero-order chi connectivity index (χ0) is 21.7. The van der Waals surface area contributed by atoms with Crippen LogP contribution in [0.2, 0.25) is 5.02 Å². The lowest BCUT2D eigenvalue weighted by Crippen LogP contribution is -2.15. The van der Waals surface area contributed by atoms with Gasteiger partial charge >= 0.3 is 6.16 Å². The predicted octanol–water partition coefficient (Wildman–Crippen LogP) is 6.02. The van der Waals surface area contributed by atoms with Gasteiger partial charge in [0.2, 0.25) is 0 Å². The van der Waals surface area contributed by atoms with Crippen LogP contribution in [-0.2, 0) is 15.9 Å². The molecule has 0 saturated heterocycles. The number of aryl methyl sites for hydroxylation is 2. The van der Waals surface area contributed by atoms with Crippen LogP contribution in [0.1, 0.15) is 23.7 Å². The van der Waals surface area contributed by atoms with Crippen molar-refractivity contribution in [3.8, 4) is 17.2 Å². The van der Waals surface area contributed by atoms with Crippen LogP contribution >= 0.6 is 11.6 Å². The van der Waals surface area contributed by atoms with Gasteiger partial charge in [0, 0.05) is 28.8 Å². The SMILES string of the molecule is CCc1nc2cc(C)c(Oc3cccc(Cl)c3)cc2c(OC(=O)OCCOC)c1C. The van der Waals surface area contributed by atoms with E-state index in [0.717, 1.165) is 16.8 Å². The van der Waals surface area contributed by atoms with Crippen molar-refractivity contribution in [1.82, 2.24) is 4.98 Å². The van der Waals surface area contributed by atoms with E-state index in [0.29, 0.717) is 46.2 Å². The number of ether oxygens (including phenoxy) is 4. The van der Waals surface area contributed by atoms with Crippen molar-refractivity contribution in [1.29, 1.82) is 0 Å². The average Bonchev–Trinajstić information content (AvgIpc) is 2.71. The Morgan fingerprint density at radius 3 is 2.63 bits per heavy atom. The summed E-state index contributed by atoms with van der Waals surface area (Å²) in [4.78, 5) is 16.9. The molecule has 0 atom stereocenters. The minimum absolute atomic E-state index is 0.111. The second kappa shape index (κ2) is 9.78. The molecule has 0 aliphatic rings. The first-order valence-corrected chi connectivity index (χ1v) is 10.0. The number of rotatable bonds is 7. The first-order valence-electron chi connectivity index (χ1n) is 9.63. The number of carbonyl (C=O) groups excluding carboxylic acids is 1. The van der Waals surface area contributed by atoms with E-state index in [1.54, 1.807) is 12.1 Å². The molecule has 0 aliphatic carbocycles. The lowest BCUT2D eigenvalue weighted by molar-refractivity contribution is 0.0687. The van der Waals surface area contributed by atoms with Crippen LogP contribution in [0, 0.1) is 13.8 Å². The largest absolute Gasteiger partial charge is 0.513 e. The number of fused-ring (bicyclic) bond motifs is 1. The molecule has 2 aromatic carbocycles. The van der Waals surface area contributed by atoms with E-state index in [1.165, 1.54) is 7.11 Å². The molecular weight excluding hydrogens is 406 g/mol. The molecule has 1 aromatic heterocycles. The topological polar surface area (TPSA) is 66.9 Å². The van der Waals surface area contributed by atoms with Crippen molar-refractivity contribution in [2.75, 3.05) is 20.3 Å². The van der Waals surface area contributed by atoms with Gasteiger partial charge in [-0.2, -0.15) is 0 Å². The zero-order valence-electron chi connectivity index (χ0n) is 17.5. The van der Waals surface area contributed by atoms with E-state index in [4.69, 9.17) is 35.5 Å². The molecule has 3 aromatic rings. The van der Waals surface area contributed by atoms with Crippen LogP contribution in [0.3, 0.4) is 0 Å². The van der Waals surface area contributed by atoms with Gasteiger partial charge in [-0.05, 0) is 56.2 Å². The minimum Gasteiger partial charge on any atom is -0.457 e. The molecular formula is C23H24ClNO5. The number of methoxy groups -OCH3 is 1. The summed E-state index contributed by atoms with van der Waals surface area (Å²) < 4.78 is 21.6. The van der Waals surface area contributed by atoms with Gasteiger partial charge < -0.3 is 18.9 Å². The minimum atomic E-state index is -0.789. The number of halogens is 1. The Morgan fingerprint density at radius 1 is 1.13 bits per heavy atom. The Bertz CT molecular complexity index is 1070. The molecule has 0 bridgehead atoms. The van der Waals surface area contributed by atoms with Crippen molar-refractivity contribution >= 4 is 28.7 Å². The Hall–Kier alpha value is -2.83. The van der Waals surface area contributed by atoms with Gasteiger partial charge in [-0.1, -0.05) is 24.6 Å². The molecule has 7 heteroatoms. The average molecular weight is 430 g/mol. The Balaban J connectivity index is 2.03. The van der Waals surface area contributed by atoms with E-state index in [9.17, 15) is 4.79 Å². The summed E-state index contributed by atoms with van der Waals surface area (Å²) in [5.74, 6) is 1.64. The van der Waals surface area contributed by atoms with Gasteiger partial charge in [-0.3, -0.25) is 4.98 Å². The monoisotopic (exact) mass is 429 g/mol. The first-order chi connectivity index (χ1) is 14.4. The molecule has 158 valence electrons. The zero-order valence-corrected chi connectivity index (χ0v) is 18.2. The summed E-state index contributed by atoms with van der Waals surface area (Å²) in [5.41, 5.74) is 3.25. The number of nitrogens with zero attached hydrogens (tertiary/aromatic N) is 1. The van der Waals surface area contributed by atoms with Gasteiger partial charge in [0.05, 0.1) is 12.1 Å². The molecule has 0 spiro atoms. The van der Waals surface area contributed by atoms with Crippen LogP contribution in [0.25, 0.3) is 10.9 Å². The van der Waals surface area contributed by atoms with E-state index < -0.39 is 6.16 Å². The van der Waals surface area contributed by atoms with Crippen LogP contribution < -0.4 is 9.47 Å². The van der Waals surface area contributed by atoms with E-state index in [-0.39, 0.29) is 6.61 Å². The van der Waals surface area contributed by atoms with Gasteiger partial charge in [-0.25, -0.2) is 4.79 Å². The smallest absolute Gasteiger partial charge is 0.457 e. The molecule has 0 fully saturated rings. The Kier molecular flexibility index (Phi) is 7.13. The highest BCUT2D eigenvalue weighted by atomic mass is 35.5. The summed E-state index contributed by atoms with van der Waals surface area (Å²) in [6, 6.07) is 10.9. The second-order valence-electron chi connectivity index (χ2n) is 6.75. The molecule has 0 radical (unpaired) electrons. The molecule has 3 rings (SSSR count). The summed E-state index contributed by atoms with van der Waals surface area (Å²) in [5, 5.41) is 1.25. The lowest BCUT2D eigenvalue weighted by Gasteiger charge is -2.16. The summed E-state index contributed by atoms with van der Waals surface area (Å²) in [6.07, 6.45) is -0.0842. The maximum atomic E-state index is 12.2. The number of carbonyl (C=O) groups is 1. The first kappa shape index (κ1) is 21.9. The normalized spacial score (nSPS) is 10.8. The molecule has 0 saturated carbocycles. The van der Waals surface area contributed by atoms with Gasteiger partial charge in [0.25, 0.3) is 0 Å². The Labute approximate surface area is 180 Å². The van der Waals surface area contributed by atoms with Crippen LogP contribution in [0.5, 0.6) is 17.2 Å². The van der Waals surface area contributed by atoms with E-state index >= 15 is 0 Å². The highest BCUT2D eigenvalue weighted by molar-refractivity contribution is 6.30. The highest BCUT2D eigenvalue weighted by Gasteiger charge is 2.18. The summed E-state index contributed by atoms with van der Waals surface area (Å²) in [7, 11) is 1.53. The summed E-state index contributed by atoms with van der Waals surface area (Å²) >= 11 is 6.06. The maximum absolute atomic E-state index is 12.2. The van der Waals surface area contributed by atoms with Crippen molar-refractivity contribution in [2.24, 2.45) is 0 Å². The maximum Gasteiger partial charge on any atom is 0.513 e. The molecule has 0 amide bonds. The van der Waals surface area contributed by atoms with Crippen molar-refractivity contribution in [2.45, 2.75) is 27.2 Å². The fourth-order valence-corrected chi connectivity index (χ4v) is 3.25. The molecule has 0 unspecified atom stereocenters. The number of benzene rings is 2. The van der Waals surface area contributed by atoms with Crippen LogP contribution in [0.15, 0.2) is 36.4 Å². The molecule has 0 aliphatic heterocycles. The molecule has 0 N–H and O–H groups in total. The second-order valence-corrected chi connectivity index (χ2v) is 7.19. The third kappa shape index (κ3) is 5.01. The lowest BCUT2D eigenvalue weighted by atomic mass is 10.0. The Morgan fingerprint density at radius 2 is 1.93 bits per heavy atom. The van der Waals surface area contributed by atoms with Crippen molar-refractivity contribution in [3.63, 3.8) is 0 Å². The summed E-state index contributed by atoms with van der Waals surface area (Å²) in [6.45, 7) is 6.22. The van der Waals surface area contributed by atoms with Crippen LogP contribution in [0.4, 0.5) is 4.79 Å². The number of hydrogen-bond acceptors (Lipinski definition) is 6. The fourth-order valence-electron chi connectivity index (χ4n) is 3.07.